The van der Waals surface area contributed by atoms with Gasteiger partial charge in [-0.1, -0.05) is 12.1 Å². The number of aliphatic carboxylic acids is 1. The number of ether oxygens (including phenoxy) is 2. The Morgan fingerprint density at radius 3 is 2.63 bits per heavy atom. The molecule has 5 nitrogen and oxygen atoms in total. The van der Waals surface area contributed by atoms with Gasteiger partial charge in [0.25, 0.3) is 0 Å². The van der Waals surface area contributed by atoms with Crippen LogP contribution in [-0.2, 0) is 4.79 Å². The molecule has 0 radical (unpaired) electrons. The maximum absolute atomic E-state index is 11.4. The summed E-state index contributed by atoms with van der Waals surface area (Å²) < 4.78 is 10.7. The third-order valence-electron chi connectivity index (χ3n) is 3.65. The minimum Gasteiger partial charge on any atom is -0.493 e. The van der Waals surface area contributed by atoms with Crippen molar-refractivity contribution in [3.8, 4) is 11.5 Å². The summed E-state index contributed by atoms with van der Waals surface area (Å²) in [5, 5.41) is 9.35. The van der Waals surface area contributed by atoms with Crippen molar-refractivity contribution >= 4 is 5.97 Å². The number of carboxylic acids is 1. The SMILES string of the molecule is COc1cccc([C@H]2CN(C)C[C@@H]2C(=O)O)c1OC. The highest BCUT2D eigenvalue weighted by molar-refractivity contribution is 5.73. The predicted molar refractivity (Wildman–Crippen MR) is 70.9 cm³/mol. The number of carboxylic acid groups (broad SMARTS) is 1. The number of para-hydroxylation sites is 1. The molecule has 0 aromatic heterocycles. The van der Waals surface area contributed by atoms with Crippen LogP contribution in [0, 0.1) is 5.92 Å². The van der Waals surface area contributed by atoms with Gasteiger partial charge in [0.2, 0.25) is 0 Å². The summed E-state index contributed by atoms with van der Waals surface area (Å²) >= 11 is 0. The molecule has 0 aliphatic carbocycles. The monoisotopic (exact) mass is 265 g/mol. The van der Waals surface area contributed by atoms with E-state index in [1.807, 2.05) is 30.1 Å². The zero-order chi connectivity index (χ0) is 14.0. The quantitative estimate of drug-likeness (QED) is 0.892. The normalized spacial score (nSPS) is 23.3. The molecule has 2 rings (SSSR count). The Morgan fingerprint density at radius 1 is 1.32 bits per heavy atom. The first-order valence-electron chi connectivity index (χ1n) is 6.20. The molecule has 2 atom stereocenters. The van der Waals surface area contributed by atoms with Crippen LogP contribution in [0.25, 0.3) is 0 Å². The highest BCUT2D eigenvalue weighted by Gasteiger charge is 2.38. The van der Waals surface area contributed by atoms with Crippen LogP contribution >= 0.6 is 0 Å². The van der Waals surface area contributed by atoms with Crippen molar-refractivity contribution in [2.24, 2.45) is 5.92 Å². The Kier molecular flexibility index (Phi) is 3.95. The minimum absolute atomic E-state index is 0.0763. The number of hydrogen-bond acceptors (Lipinski definition) is 4. The molecule has 0 unspecified atom stereocenters. The lowest BCUT2D eigenvalue weighted by molar-refractivity contribution is -0.141. The van der Waals surface area contributed by atoms with E-state index in [1.165, 1.54) is 0 Å². The number of carbonyl (C=O) groups is 1. The molecule has 1 saturated heterocycles. The molecule has 1 N–H and O–H groups in total. The molecule has 1 fully saturated rings. The van der Waals surface area contributed by atoms with Crippen LogP contribution in [0.5, 0.6) is 11.5 Å². The number of hydrogen-bond donors (Lipinski definition) is 1. The van der Waals surface area contributed by atoms with Gasteiger partial charge >= 0.3 is 5.97 Å². The van der Waals surface area contributed by atoms with Gasteiger partial charge in [-0.25, -0.2) is 0 Å². The molecule has 0 bridgehead atoms. The standard InChI is InChI=1S/C14H19NO4/c1-15-7-10(11(8-15)14(16)17)9-5-4-6-12(18-2)13(9)19-3/h4-6,10-11H,7-8H2,1-3H3,(H,16,17)/t10-,11+/m1/s1. The van der Waals surface area contributed by atoms with Crippen molar-refractivity contribution in [2.45, 2.75) is 5.92 Å². The van der Waals surface area contributed by atoms with Crippen LogP contribution in [0.4, 0.5) is 0 Å². The van der Waals surface area contributed by atoms with E-state index in [0.29, 0.717) is 24.6 Å². The van der Waals surface area contributed by atoms with Crippen molar-refractivity contribution in [3.63, 3.8) is 0 Å². The highest BCUT2D eigenvalue weighted by atomic mass is 16.5. The van der Waals surface area contributed by atoms with Gasteiger partial charge in [-0.2, -0.15) is 0 Å². The van der Waals surface area contributed by atoms with Gasteiger partial charge in [0.1, 0.15) is 0 Å². The number of likely N-dealkylation sites (N-methyl/N-ethyl adjacent to an activating group) is 1. The summed E-state index contributed by atoms with van der Waals surface area (Å²) in [7, 11) is 5.09. The molecule has 1 aliphatic heterocycles. The van der Waals surface area contributed by atoms with E-state index in [0.717, 1.165) is 5.56 Å². The lowest BCUT2D eigenvalue weighted by Crippen LogP contribution is -2.21. The van der Waals surface area contributed by atoms with E-state index in [-0.39, 0.29) is 5.92 Å². The van der Waals surface area contributed by atoms with Crippen LogP contribution in [0.15, 0.2) is 18.2 Å². The molecule has 0 saturated carbocycles. The Morgan fingerprint density at radius 2 is 2.05 bits per heavy atom. The van der Waals surface area contributed by atoms with Gasteiger partial charge in [0.05, 0.1) is 20.1 Å². The third-order valence-corrected chi connectivity index (χ3v) is 3.65. The average Bonchev–Trinajstić information content (AvgIpc) is 2.79. The fourth-order valence-electron chi connectivity index (χ4n) is 2.77. The van der Waals surface area contributed by atoms with E-state index >= 15 is 0 Å². The summed E-state index contributed by atoms with van der Waals surface area (Å²) in [5.41, 5.74) is 0.901. The average molecular weight is 265 g/mol. The van der Waals surface area contributed by atoms with Crippen LogP contribution in [0.3, 0.4) is 0 Å². The van der Waals surface area contributed by atoms with E-state index < -0.39 is 11.9 Å². The van der Waals surface area contributed by atoms with Crippen LogP contribution in [0.2, 0.25) is 0 Å². The summed E-state index contributed by atoms with van der Waals surface area (Å²) in [6.07, 6.45) is 0. The Balaban J connectivity index is 2.43. The first-order valence-corrected chi connectivity index (χ1v) is 6.20. The largest absolute Gasteiger partial charge is 0.493 e. The summed E-state index contributed by atoms with van der Waals surface area (Å²) in [6.45, 7) is 1.26. The topological polar surface area (TPSA) is 59.0 Å². The molecule has 1 aromatic rings. The Bertz CT molecular complexity index is 475. The minimum atomic E-state index is -0.765. The van der Waals surface area contributed by atoms with Crippen molar-refractivity contribution in [1.82, 2.24) is 4.90 Å². The first kappa shape index (κ1) is 13.7. The molecule has 1 aromatic carbocycles. The molecule has 5 heteroatoms. The number of nitrogens with zero attached hydrogens (tertiary/aromatic N) is 1. The number of benzene rings is 1. The smallest absolute Gasteiger partial charge is 0.308 e. The zero-order valence-electron chi connectivity index (χ0n) is 11.4. The Hall–Kier alpha value is -1.75. The molecule has 104 valence electrons. The Labute approximate surface area is 112 Å². The van der Waals surface area contributed by atoms with Crippen molar-refractivity contribution < 1.29 is 19.4 Å². The number of methoxy groups -OCH3 is 2. The summed E-state index contributed by atoms with van der Waals surface area (Å²) in [4.78, 5) is 13.4. The van der Waals surface area contributed by atoms with Crippen molar-refractivity contribution in [2.75, 3.05) is 34.4 Å². The second kappa shape index (κ2) is 5.48. The molecule has 19 heavy (non-hydrogen) atoms. The van der Waals surface area contributed by atoms with Crippen LogP contribution in [-0.4, -0.2) is 50.3 Å². The predicted octanol–water partition coefficient (Wildman–Crippen LogP) is 1.43. The molecular formula is C14H19NO4. The third kappa shape index (κ3) is 2.51. The van der Waals surface area contributed by atoms with Crippen LogP contribution < -0.4 is 9.47 Å². The zero-order valence-corrected chi connectivity index (χ0v) is 11.4. The first-order chi connectivity index (χ1) is 9.08. The second-order valence-electron chi connectivity index (χ2n) is 4.86. The van der Waals surface area contributed by atoms with E-state index in [9.17, 15) is 9.90 Å². The molecular weight excluding hydrogens is 246 g/mol. The molecule has 0 amide bonds. The molecule has 1 aliphatic rings. The maximum Gasteiger partial charge on any atom is 0.308 e. The van der Waals surface area contributed by atoms with E-state index in [1.54, 1.807) is 14.2 Å². The van der Waals surface area contributed by atoms with Gasteiger partial charge < -0.3 is 19.5 Å². The lowest BCUT2D eigenvalue weighted by Gasteiger charge is -2.19. The van der Waals surface area contributed by atoms with E-state index in [4.69, 9.17) is 9.47 Å². The molecule has 1 heterocycles. The van der Waals surface area contributed by atoms with Gasteiger partial charge in [0.15, 0.2) is 11.5 Å². The van der Waals surface area contributed by atoms with Gasteiger partial charge in [-0.15, -0.1) is 0 Å². The molecule has 0 spiro atoms. The second-order valence-corrected chi connectivity index (χ2v) is 4.86. The van der Waals surface area contributed by atoms with Gasteiger partial charge in [-0.05, 0) is 13.1 Å². The number of likely N-dealkylation sites (tertiary alicyclic amines) is 1. The van der Waals surface area contributed by atoms with Crippen molar-refractivity contribution in [3.05, 3.63) is 23.8 Å². The lowest BCUT2D eigenvalue weighted by atomic mass is 9.88. The van der Waals surface area contributed by atoms with Crippen molar-refractivity contribution in [1.29, 1.82) is 0 Å². The maximum atomic E-state index is 11.4. The van der Waals surface area contributed by atoms with E-state index in [2.05, 4.69) is 0 Å². The number of rotatable bonds is 4. The fourth-order valence-corrected chi connectivity index (χ4v) is 2.77. The fraction of sp³-hybridized carbons (Fsp3) is 0.500. The summed E-state index contributed by atoms with van der Waals surface area (Å²) in [5.74, 6) is 0.0213. The van der Waals surface area contributed by atoms with Gasteiger partial charge in [-0.3, -0.25) is 4.79 Å². The van der Waals surface area contributed by atoms with Gasteiger partial charge in [0, 0.05) is 24.6 Å². The van der Waals surface area contributed by atoms with Crippen LogP contribution in [0.1, 0.15) is 11.5 Å². The summed E-state index contributed by atoms with van der Waals surface area (Å²) in [6, 6.07) is 5.60. The highest BCUT2D eigenvalue weighted by Crippen LogP contribution is 2.41.